The Kier molecular flexibility index (Phi) is 5.88. The van der Waals surface area contributed by atoms with Gasteiger partial charge in [-0.3, -0.25) is 9.59 Å². The van der Waals surface area contributed by atoms with E-state index in [1.54, 1.807) is 17.4 Å². The highest BCUT2D eigenvalue weighted by Gasteiger charge is 2.25. The van der Waals surface area contributed by atoms with Crippen molar-refractivity contribution in [3.8, 4) is 5.75 Å². The minimum absolute atomic E-state index is 0.0420. The SMILES string of the molecule is COc1ccc(CCC(=O)N2CCN(C(=O)c3csc(C)n3)CC2)cc1. The number of thiazole rings is 1. The fourth-order valence-electron chi connectivity index (χ4n) is 2.98. The van der Waals surface area contributed by atoms with E-state index in [1.807, 2.05) is 36.1 Å². The molecule has 138 valence electrons. The zero-order valence-electron chi connectivity index (χ0n) is 15.1. The minimum Gasteiger partial charge on any atom is -0.497 e. The summed E-state index contributed by atoms with van der Waals surface area (Å²) in [6, 6.07) is 7.78. The van der Waals surface area contributed by atoms with Crippen LogP contribution in [0.1, 0.15) is 27.5 Å². The van der Waals surface area contributed by atoms with E-state index in [9.17, 15) is 9.59 Å². The van der Waals surface area contributed by atoms with Crippen LogP contribution in [0.25, 0.3) is 0 Å². The molecule has 1 aromatic carbocycles. The quantitative estimate of drug-likeness (QED) is 0.807. The second-order valence-electron chi connectivity index (χ2n) is 6.27. The summed E-state index contributed by atoms with van der Waals surface area (Å²) >= 11 is 1.48. The number of aryl methyl sites for hydroxylation is 2. The molecule has 0 saturated carbocycles. The molecule has 0 N–H and O–H groups in total. The van der Waals surface area contributed by atoms with Crippen LogP contribution in [0, 0.1) is 6.92 Å². The van der Waals surface area contributed by atoms with Crippen molar-refractivity contribution >= 4 is 23.2 Å². The third kappa shape index (κ3) is 4.40. The molecular weight excluding hydrogens is 350 g/mol. The van der Waals surface area contributed by atoms with Gasteiger partial charge in [0, 0.05) is 38.0 Å². The van der Waals surface area contributed by atoms with E-state index in [4.69, 9.17) is 4.74 Å². The molecule has 2 amide bonds. The number of aromatic nitrogens is 1. The van der Waals surface area contributed by atoms with Crippen molar-refractivity contribution in [3.05, 3.63) is 45.9 Å². The average molecular weight is 373 g/mol. The number of carbonyl (C=O) groups is 2. The zero-order valence-corrected chi connectivity index (χ0v) is 15.9. The van der Waals surface area contributed by atoms with Gasteiger partial charge in [0.15, 0.2) is 0 Å². The van der Waals surface area contributed by atoms with Crippen molar-refractivity contribution in [2.24, 2.45) is 0 Å². The van der Waals surface area contributed by atoms with Gasteiger partial charge in [0.2, 0.25) is 5.91 Å². The van der Waals surface area contributed by atoms with Gasteiger partial charge in [-0.25, -0.2) is 4.98 Å². The van der Waals surface area contributed by atoms with Crippen molar-refractivity contribution in [1.29, 1.82) is 0 Å². The van der Waals surface area contributed by atoms with Crippen LogP contribution in [0.4, 0.5) is 0 Å². The lowest BCUT2D eigenvalue weighted by molar-refractivity contribution is -0.132. The smallest absolute Gasteiger partial charge is 0.273 e. The lowest BCUT2D eigenvalue weighted by Crippen LogP contribution is -2.50. The van der Waals surface area contributed by atoms with Gasteiger partial charge in [-0.15, -0.1) is 11.3 Å². The molecule has 1 fully saturated rings. The molecule has 26 heavy (non-hydrogen) atoms. The van der Waals surface area contributed by atoms with Crippen molar-refractivity contribution in [1.82, 2.24) is 14.8 Å². The molecule has 3 rings (SSSR count). The summed E-state index contributed by atoms with van der Waals surface area (Å²) in [5.41, 5.74) is 1.62. The van der Waals surface area contributed by atoms with Gasteiger partial charge in [-0.05, 0) is 31.0 Å². The van der Waals surface area contributed by atoms with Gasteiger partial charge in [0.05, 0.1) is 12.1 Å². The Labute approximate surface area is 157 Å². The van der Waals surface area contributed by atoms with Crippen molar-refractivity contribution in [3.63, 3.8) is 0 Å². The number of hydrogen-bond donors (Lipinski definition) is 0. The van der Waals surface area contributed by atoms with E-state index in [0.717, 1.165) is 16.3 Å². The maximum Gasteiger partial charge on any atom is 0.273 e. The molecule has 1 aliphatic heterocycles. The van der Waals surface area contributed by atoms with Gasteiger partial charge < -0.3 is 14.5 Å². The number of piperazine rings is 1. The first-order valence-corrected chi connectivity index (χ1v) is 9.57. The van der Waals surface area contributed by atoms with E-state index in [2.05, 4.69) is 4.98 Å². The van der Waals surface area contributed by atoms with Crippen LogP contribution in [0.2, 0.25) is 0 Å². The normalized spacial score (nSPS) is 14.4. The number of ether oxygens (including phenoxy) is 1. The van der Waals surface area contributed by atoms with Crippen LogP contribution in [-0.2, 0) is 11.2 Å². The van der Waals surface area contributed by atoms with E-state index < -0.39 is 0 Å². The summed E-state index contributed by atoms with van der Waals surface area (Å²) < 4.78 is 5.14. The fourth-order valence-corrected chi connectivity index (χ4v) is 3.57. The Morgan fingerprint density at radius 1 is 1.12 bits per heavy atom. The standard InChI is InChI=1S/C19H23N3O3S/c1-14-20-17(13-26-14)19(24)22-11-9-21(10-12-22)18(23)8-5-15-3-6-16(25-2)7-4-15/h3-4,6-7,13H,5,8-12H2,1-2H3. The summed E-state index contributed by atoms with van der Waals surface area (Å²) in [5.74, 6) is 0.910. The monoisotopic (exact) mass is 373 g/mol. The highest BCUT2D eigenvalue weighted by Crippen LogP contribution is 2.15. The second-order valence-corrected chi connectivity index (χ2v) is 7.34. The number of nitrogens with zero attached hydrogens (tertiary/aromatic N) is 3. The number of rotatable bonds is 5. The first-order chi connectivity index (χ1) is 12.6. The Balaban J connectivity index is 1.46. The Morgan fingerprint density at radius 3 is 2.35 bits per heavy atom. The second kappa shape index (κ2) is 8.31. The zero-order chi connectivity index (χ0) is 18.5. The van der Waals surface area contributed by atoms with Crippen LogP contribution >= 0.6 is 11.3 Å². The lowest BCUT2D eigenvalue weighted by Gasteiger charge is -2.34. The minimum atomic E-state index is -0.0420. The molecule has 7 heteroatoms. The van der Waals surface area contributed by atoms with Crippen LogP contribution in [0.15, 0.2) is 29.6 Å². The Bertz CT molecular complexity index is 765. The summed E-state index contributed by atoms with van der Waals surface area (Å²) in [6.45, 7) is 4.17. The van der Waals surface area contributed by atoms with Gasteiger partial charge in [-0.1, -0.05) is 12.1 Å². The van der Waals surface area contributed by atoms with Gasteiger partial charge in [0.25, 0.3) is 5.91 Å². The van der Waals surface area contributed by atoms with E-state index in [0.29, 0.717) is 44.7 Å². The molecule has 0 unspecified atom stereocenters. The van der Waals surface area contributed by atoms with Crippen LogP contribution < -0.4 is 4.74 Å². The molecule has 1 aromatic heterocycles. The topological polar surface area (TPSA) is 62.7 Å². The molecule has 1 saturated heterocycles. The molecule has 6 nitrogen and oxygen atoms in total. The average Bonchev–Trinajstić information content (AvgIpc) is 3.12. The van der Waals surface area contributed by atoms with Crippen molar-refractivity contribution < 1.29 is 14.3 Å². The highest BCUT2D eigenvalue weighted by molar-refractivity contribution is 7.09. The fraction of sp³-hybridized carbons (Fsp3) is 0.421. The van der Waals surface area contributed by atoms with E-state index in [1.165, 1.54) is 11.3 Å². The Morgan fingerprint density at radius 2 is 1.77 bits per heavy atom. The van der Waals surface area contributed by atoms with Crippen LogP contribution in [0.5, 0.6) is 5.75 Å². The maximum absolute atomic E-state index is 12.4. The third-order valence-electron chi connectivity index (χ3n) is 4.54. The van der Waals surface area contributed by atoms with Crippen LogP contribution in [0.3, 0.4) is 0 Å². The number of methoxy groups -OCH3 is 1. The molecule has 0 spiro atoms. The summed E-state index contributed by atoms with van der Waals surface area (Å²) in [5, 5.41) is 2.69. The summed E-state index contributed by atoms with van der Waals surface area (Å²) in [7, 11) is 1.64. The molecular formula is C19H23N3O3S. The number of amides is 2. The van der Waals surface area contributed by atoms with Gasteiger partial charge >= 0.3 is 0 Å². The molecule has 2 heterocycles. The third-order valence-corrected chi connectivity index (χ3v) is 5.32. The first kappa shape index (κ1) is 18.4. The predicted octanol–water partition coefficient (Wildman–Crippen LogP) is 2.38. The molecule has 0 aliphatic carbocycles. The summed E-state index contributed by atoms with van der Waals surface area (Å²) in [6.07, 6.45) is 1.19. The van der Waals surface area contributed by atoms with Gasteiger partial charge in [0.1, 0.15) is 11.4 Å². The van der Waals surface area contributed by atoms with E-state index >= 15 is 0 Å². The largest absolute Gasteiger partial charge is 0.497 e. The number of hydrogen-bond acceptors (Lipinski definition) is 5. The Hall–Kier alpha value is -2.41. The molecule has 0 atom stereocenters. The first-order valence-electron chi connectivity index (χ1n) is 8.69. The van der Waals surface area contributed by atoms with Crippen molar-refractivity contribution in [2.45, 2.75) is 19.8 Å². The summed E-state index contributed by atoms with van der Waals surface area (Å²) in [4.78, 5) is 32.7. The lowest BCUT2D eigenvalue weighted by atomic mass is 10.1. The highest BCUT2D eigenvalue weighted by atomic mass is 32.1. The molecule has 1 aliphatic rings. The van der Waals surface area contributed by atoms with Crippen molar-refractivity contribution in [2.75, 3.05) is 33.3 Å². The maximum atomic E-state index is 12.4. The molecule has 0 bridgehead atoms. The predicted molar refractivity (Wildman–Crippen MR) is 101 cm³/mol. The number of carbonyl (C=O) groups excluding carboxylic acids is 2. The molecule has 2 aromatic rings. The van der Waals surface area contributed by atoms with Crippen LogP contribution in [-0.4, -0.2) is 59.9 Å². The number of benzene rings is 1. The van der Waals surface area contributed by atoms with E-state index in [-0.39, 0.29) is 11.8 Å². The molecule has 0 radical (unpaired) electrons. The van der Waals surface area contributed by atoms with Gasteiger partial charge in [-0.2, -0.15) is 0 Å².